The lowest BCUT2D eigenvalue weighted by Crippen LogP contribution is -2.12. The second-order valence-corrected chi connectivity index (χ2v) is 3.63. The predicted octanol–water partition coefficient (Wildman–Crippen LogP) is 2.39. The first kappa shape index (κ1) is 14.6. The molecule has 0 radical (unpaired) electrons. The Balaban J connectivity index is 3.33. The number of carbonyl (C=O) groups excluding carboxylic acids is 2. The number of carbonyl (C=O) groups is 1. The van der Waals surface area contributed by atoms with Crippen LogP contribution in [0.5, 0.6) is 0 Å². The molecule has 0 bridgehead atoms. The van der Waals surface area contributed by atoms with Crippen LogP contribution in [0.15, 0.2) is 17.6 Å². The van der Waals surface area contributed by atoms with Crippen LogP contribution in [0.2, 0.25) is 0 Å². The summed E-state index contributed by atoms with van der Waals surface area (Å²) < 4.78 is 5.02. The highest BCUT2D eigenvalue weighted by Crippen LogP contribution is 2.08. The van der Waals surface area contributed by atoms with E-state index in [1.54, 1.807) is 0 Å². The highest BCUT2D eigenvalue weighted by Gasteiger charge is 2.05. The van der Waals surface area contributed by atoms with Crippen LogP contribution < -0.4 is 0 Å². The maximum atomic E-state index is 10.8. The van der Waals surface area contributed by atoms with Gasteiger partial charge in [0.15, 0.2) is 0 Å². The van der Waals surface area contributed by atoms with E-state index in [2.05, 4.69) is 11.6 Å². The number of unbranched alkanes of at least 4 members (excludes halogenated alkanes) is 3. The van der Waals surface area contributed by atoms with E-state index >= 15 is 0 Å². The van der Waals surface area contributed by atoms with Gasteiger partial charge in [0.2, 0.25) is 6.08 Å². The number of nitrogens with zero attached hydrogens (tertiary/aromatic N) is 1. The minimum atomic E-state index is -0.368. The van der Waals surface area contributed by atoms with Gasteiger partial charge in [-0.2, -0.15) is 0 Å². The average Bonchev–Trinajstić information content (AvgIpc) is 2.27. The first-order valence-corrected chi connectivity index (χ1v) is 5.57. The third-order valence-electron chi connectivity index (χ3n) is 2.18. The maximum absolute atomic E-state index is 10.8. The molecule has 0 aromatic rings. The second kappa shape index (κ2) is 10.1. The van der Waals surface area contributed by atoms with E-state index in [0.717, 1.165) is 32.1 Å². The number of ether oxygens (including phenoxy) is 1. The molecule has 0 fully saturated rings. The fourth-order valence-corrected chi connectivity index (χ4v) is 1.33. The third-order valence-corrected chi connectivity index (χ3v) is 2.18. The van der Waals surface area contributed by atoms with Gasteiger partial charge >= 0.3 is 5.97 Å². The molecule has 90 valence electrons. The van der Waals surface area contributed by atoms with Crippen LogP contribution in [0, 0.1) is 0 Å². The Hall–Kier alpha value is -1.41. The molecular formula is C12H19NO3. The van der Waals surface area contributed by atoms with Gasteiger partial charge in [-0.15, -0.1) is 0 Å². The first-order valence-electron chi connectivity index (χ1n) is 5.57. The molecule has 0 heterocycles. The Morgan fingerprint density at radius 2 is 2.12 bits per heavy atom. The Labute approximate surface area is 96.4 Å². The van der Waals surface area contributed by atoms with Gasteiger partial charge in [0.05, 0.1) is 12.6 Å². The van der Waals surface area contributed by atoms with Crippen LogP contribution in [0.4, 0.5) is 0 Å². The van der Waals surface area contributed by atoms with Gasteiger partial charge in [-0.1, -0.05) is 19.4 Å². The van der Waals surface area contributed by atoms with Crippen molar-refractivity contribution in [2.75, 3.05) is 6.54 Å². The van der Waals surface area contributed by atoms with Crippen LogP contribution in [0.25, 0.3) is 0 Å². The minimum Gasteiger partial charge on any atom is -0.460 e. The molecule has 4 heteroatoms. The topological polar surface area (TPSA) is 55.7 Å². The highest BCUT2D eigenvalue weighted by atomic mass is 16.5. The molecule has 1 unspecified atom stereocenters. The van der Waals surface area contributed by atoms with Gasteiger partial charge in [-0.3, -0.25) is 0 Å². The van der Waals surface area contributed by atoms with Crippen molar-refractivity contribution in [1.82, 2.24) is 0 Å². The van der Waals surface area contributed by atoms with Crippen LogP contribution in [-0.2, 0) is 14.3 Å². The number of isocyanates is 1. The van der Waals surface area contributed by atoms with E-state index in [-0.39, 0.29) is 12.1 Å². The molecule has 0 aliphatic rings. The molecule has 0 amide bonds. The van der Waals surface area contributed by atoms with Crippen molar-refractivity contribution < 1.29 is 14.3 Å². The van der Waals surface area contributed by atoms with E-state index < -0.39 is 0 Å². The predicted molar refractivity (Wildman–Crippen MR) is 61.8 cm³/mol. The molecular weight excluding hydrogens is 206 g/mol. The monoisotopic (exact) mass is 225 g/mol. The van der Waals surface area contributed by atoms with Crippen molar-refractivity contribution in [3.8, 4) is 0 Å². The minimum absolute atomic E-state index is 0.0569. The van der Waals surface area contributed by atoms with E-state index in [4.69, 9.17) is 4.74 Å². The fraction of sp³-hybridized carbons (Fsp3) is 0.667. The molecule has 0 spiro atoms. The van der Waals surface area contributed by atoms with Crippen molar-refractivity contribution >= 4 is 12.0 Å². The Kier molecular flexibility index (Phi) is 9.23. The van der Waals surface area contributed by atoms with Gasteiger partial charge in [-0.25, -0.2) is 14.6 Å². The van der Waals surface area contributed by atoms with E-state index in [1.807, 2.05) is 6.92 Å². The molecule has 4 nitrogen and oxygen atoms in total. The highest BCUT2D eigenvalue weighted by molar-refractivity contribution is 5.81. The van der Waals surface area contributed by atoms with E-state index in [1.165, 1.54) is 12.2 Å². The number of hydrogen-bond acceptors (Lipinski definition) is 4. The lowest BCUT2D eigenvalue weighted by molar-refractivity contribution is -0.142. The molecule has 0 saturated carbocycles. The van der Waals surface area contributed by atoms with Crippen molar-refractivity contribution in [1.29, 1.82) is 0 Å². The summed E-state index contributed by atoms with van der Waals surface area (Å²) in [7, 11) is 0. The van der Waals surface area contributed by atoms with Crippen LogP contribution in [-0.4, -0.2) is 24.7 Å². The lowest BCUT2D eigenvalue weighted by Gasteiger charge is -2.11. The quantitative estimate of drug-likeness (QED) is 0.199. The summed E-state index contributed by atoms with van der Waals surface area (Å²) in [6, 6.07) is 0. The van der Waals surface area contributed by atoms with Crippen molar-refractivity contribution in [3.05, 3.63) is 12.7 Å². The van der Waals surface area contributed by atoms with Crippen LogP contribution in [0.3, 0.4) is 0 Å². The van der Waals surface area contributed by atoms with Crippen LogP contribution >= 0.6 is 0 Å². The maximum Gasteiger partial charge on any atom is 0.330 e. The molecule has 1 atom stereocenters. The number of rotatable bonds is 9. The molecule has 0 aliphatic carbocycles. The molecule has 16 heavy (non-hydrogen) atoms. The number of hydrogen-bond donors (Lipinski definition) is 0. The summed E-state index contributed by atoms with van der Waals surface area (Å²) in [5.41, 5.74) is 0. The van der Waals surface area contributed by atoms with Gasteiger partial charge < -0.3 is 4.74 Å². The third kappa shape index (κ3) is 9.16. The zero-order valence-corrected chi connectivity index (χ0v) is 9.78. The molecule has 0 N–H and O–H groups in total. The number of esters is 1. The SMILES string of the molecule is C=CC(=O)OC(C)CCCCCCN=C=O. The average molecular weight is 225 g/mol. The van der Waals surface area contributed by atoms with Gasteiger partial charge in [0, 0.05) is 6.08 Å². The van der Waals surface area contributed by atoms with Crippen LogP contribution in [0.1, 0.15) is 39.0 Å². The van der Waals surface area contributed by atoms with E-state index in [0.29, 0.717) is 6.54 Å². The molecule has 0 aromatic carbocycles. The fourth-order valence-electron chi connectivity index (χ4n) is 1.33. The van der Waals surface area contributed by atoms with Crippen molar-refractivity contribution in [3.63, 3.8) is 0 Å². The number of aliphatic imine (C=N–C) groups is 1. The van der Waals surface area contributed by atoms with Gasteiger partial charge in [0.1, 0.15) is 0 Å². The molecule has 0 rings (SSSR count). The summed E-state index contributed by atoms with van der Waals surface area (Å²) in [4.78, 5) is 24.1. The zero-order chi connectivity index (χ0) is 12.2. The smallest absolute Gasteiger partial charge is 0.330 e. The largest absolute Gasteiger partial charge is 0.460 e. The summed E-state index contributed by atoms with van der Waals surface area (Å²) >= 11 is 0. The Morgan fingerprint density at radius 1 is 1.44 bits per heavy atom. The van der Waals surface area contributed by atoms with Gasteiger partial charge in [-0.05, 0) is 26.2 Å². The molecule has 0 saturated heterocycles. The summed E-state index contributed by atoms with van der Waals surface area (Å²) in [6.07, 6.45) is 7.51. The first-order chi connectivity index (χ1) is 7.70. The lowest BCUT2D eigenvalue weighted by atomic mass is 10.1. The van der Waals surface area contributed by atoms with Gasteiger partial charge in [0.25, 0.3) is 0 Å². The second-order valence-electron chi connectivity index (χ2n) is 3.63. The normalized spacial score (nSPS) is 11.3. The molecule has 0 aliphatic heterocycles. The van der Waals surface area contributed by atoms with Crippen molar-refractivity contribution in [2.45, 2.75) is 45.1 Å². The summed E-state index contributed by atoms with van der Waals surface area (Å²) in [5, 5.41) is 0. The summed E-state index contributed by atoms with van der Waals surface area (Å²) in [6.45, 7) is 5.77. The Bertz CT molecular complexity index is 257. The zero-order valence-electron chi connectivity index (χ0n) is 9.78. The molecule has 0 aromatic heterocycles. The summed E-state index contributed by atoms with van der Waals surface area (Å²) in [5.74, 6) is -0.368. The standard InChI is InChI=1S/C12H19NO3/c1-3-12(15)16-11(2)8-6-4-5-7-9-13-10-14/h3,11H,1,4-9H2,2H3. The Morgan fingerprint density at radius 3 is 2.75 bits per heavy atom. The van der Waals surface area contributed by atoms with Crippen molar-refractivity contribution in [2.24, 2.45) is 4.99 Å². The van der Waals surface area contributed by atoms with E-state index in [9.17, 15) is 9.59 Å².